The molecule has 0 amide bonds. The van der Waals surface area contributed by atoms with Gasteiger partial charge in [0.15, 0.2) is 0 Å². The van der Waals surface area contributed by atoms with Crippen LogP contribution >= 0.6 is 0 Å². The predicted octanol–water partition coefficient (Wildman–Crippen LogP) is 4.88. The van der Waals surface area contributed by atoms with Crippen molar-refractivity contribution in [3.05, 3.63) is 95.8 Å². The largest absolute Gasteiger partial charge is 0.265 e. The van der Waals surface area contributed by atoms with Crippen LogP contribution in [0.25, 0.3) is 0 Å². The van der Waals surface area contributed by atoms with E-state index in [0.29, 0.717) is 0 Å². The highest BCUT2D eigenvalue weighted by molar-refractivity contribution is 5.46. The molecule has 0 spiro atoms. The minimum atomic E-state index is 0.0783. The van der Waals surface area contributed by atoms with Crippen LogP contribution < -0.4 is 5.06 Å². The zero-order valence-corrected chi connectivity index (χ0v) is 14.4. The van der Waals surface area contributed by atoms with E-state index in [9.17, 15) is 0 Å². The average Bonchev–Trinajstić information content (AvgIpc) is 3.08. The molecule has 2 aromatic carbocycles. The first-order valence-corrected chi connectivity index (χ1v) is 8.77. The minimum absolute atomic E-state index is 0.0783. The summed E-state index contributed by atoms with van der Waals surface area (Å²) in [7, 11) is 0. The smallest absolute Gasteiger partial charge is 0.113 e. The van der Waals surface area contributed by atoms with Gasteiger partial charge < -0.3 is 0 Å². The van der Waals surface area contributed by atoms with Gasteiger partial charge in [-0.15, -0.1) is 0 Å². The molecule has 1 aliphatic heterocycles. The van der Waals surface area contributed by atoms with Gasteiger partial charge in [-0.3, -0.25) is 9.82 Å². The summed E-state index contributed by atoms with van der Waals surface area (Å²) < 4.78 is 0. The van der Waals surface area contributed by atoms with E-state index in [4.69, 9.17) is 4.84 Å². The Kier molecular flexibility index (Phi) is 4.49. The van der Waals surface area contributed by atoms with E-state index in [1.54, 1.807) is 0 Å². The maximum absolute atomic E-state index is 6.36. The molecule has 1 fully saturated rings. The van der Waals surface area contributed by atoms with Crippen molar-refractivity contribution in [1.29, 1.82) is 0 Å². The number of para-hydroxylation sites is 1. The molecule has 0 saturated carbocycles. The molecule has 126 valence electrons. The van der Waals surface area contributed by atoms with Gasteiger partial charge in [0, 0.05) is 24.7 Å². The highest BCUT2D eigenvalue weighted by Crippen LogP contribution is 2.37. The molecule has 3 heteroatoms. The molecule has 1 saturated heterocycles. The van der Waals surface area contributed by atoms with Crippen molar-refractivity contribution in [2.24, 2.45) is 0 Å². The second-order valence-corrected chi connectivity index (χ2v) is 6.58. The van der Waals surface area contributed by atoms with Gasteiger partial charge in [0.2, 0.25) is 0 Å². The number of hydrogen-bond acceptors (Lipinski definition) is 3. The van der Waals surface area contributed by atoms with Crippen molar-refractivity contribution in [3.63, 3.8) is 0 Å². The van der Waals surface area contributed by atoms with Crippen LogP contribution in [0.15, 0.2) is 79.0 Å². The lowest BCUT2D eigenvalue weighted by Crippen LogP contribution is -2.30. The summed E-state index contributed by atoms with van der Waals surface area (Å²) in [6, 6.07) is 25.3. The minimum Gasteiger partial charge on any atom is -0.265 e. The molecule has 2 atom stereocenters. The molecule has 0 aliphatic carbocycles. The third kappa shape index (κ3) is 3.57. The molecule has 0 radical (unpaired) electrons. The van der Waals surface area contributed by atoms with E-state index in [1.165, 1.54) is 11.1 Å². The second kappa shape index (κ2) is 7.08. The normalized spacial score (nSPS) is 20.0. The number of hydrogen-bond donors (Lipinski definition) is 0. The monoisotopic (exact) mass is 330 g/mol. The fourth-order valence-corrected chi connectivity index (χ4v) is 3.36. The van der Waals surface area contributed by atoms with E-state index in [-0.39, 0.29) is 12.1 Å². The van der Waals surface area contributed by atoms with Gasteiger partial charge in [-0.1, -0.05) is 54.1 Å². The standard InChI is InChI=1S/C22H22N2O/c1-17-10-12-18(13-11-17)22-16-21(15-19-7-5-6-14-23-19)24(25-22)20-8-3-2-4-9-20/h2-14,21-22H,15-16H2,1H3/t21-,22-/m1/s1. The SMILES string of the molecule is Cc1ccc([C@H]2C[C@@H](Cc3ccccn3)N(c3ccccc3)O2)cc1. The number of hydroxylamine groups is 1. The first-order valence-electron chi connectivity index (χ1n) is 8.77. The molecule has 3 nitrogen and oxygen atoms in total. The third-order valence-electron chi connectivity index (χ3n) is 4.69. The summed E-state index contributed by atoms with van der Waals surface area (Å²) in [5.74, 6) is 0. The van der Waals surface area contributed by atoms with Crippen LogP contribution in [0.5, 0.6) is 0 Å². The summed E-state index contributed by atoms with van der Waals surface area (Å²) in [4.78, 5) is 10.9. The second-order valence-electron chi connectivity index (χ2n) is 6.58. The topological polar surface area (TPSA) is 25.4 Å². The summed E-state index contributed by atoms with van der Waals surface area (Å²) in [5, 5.41) is 2.07. The predicted molar refractivity (Wildman–Crippen MR) is 100 cm³/mol. The van der Waals surface area contributed by atoms with E-state index >= 15 is 0 Å². The van der Waals surface area contributed by atoms with Crippen LogP contribution in [0.2, 0.25) is 0 Å². The van der Waals surface area contributed by atoms with Gasteiger partial charge in [-0.05, 0) is 36.8 Å². The molecule has 1 aromatic heterocycles. The molecule has 0 bridgehead atoms. The number of benzene rings is 2. The lowest BCUT2D eigenvalue weighted by atomic mass is 9.99. The first kappa shape index (κ1) is 15.9. The Labute approximate surface area is 148 Å². The van der Waals surface area contributed by atoms with Crippen LogP contribution in [0, 0.1) is 6.92 Å². The number of nitrogens with zero attached hydrogens (tertiary/aromatic N) is 2. The Morgan fingerprint density at radius 3 is 2.44 bits per heavy atom. The van der Waals surface area contributed by atoms with E-state index in [1.807, 2.05) is 24.4 Å². The first-order chi connectivity index (χ1) is 12.3. The summed E-state index contributed by atoms with van der Waals surface area (Å²) in [5.41, 5.74) is 4.70. The van der Waals surface area contributed by atoms with Crippen molar-refractivity contribution in [1.82, 2.24) is 4.98 Å². The molecular weight excluding hydrogens is 308 g/mol. The van der Waals surface area contributed by atoms with Crippen LogP contribution in [0.3, 0.4) is 0 Å². The highest BCUT2D eigenvalue weighted by Gasteiger charge is 2.35. The molecule has 4 rings (SSSR count). The zero-order chi connectivity index (χ0) is 17.1. The Balaban J connectivity index is 1.61. The van der Waals surface area contributed by atoms with E-state index < -0.39 is 0 Å². The number of pyridine rings is 1. The molecule has 0 N–H and O–H groups in total. The van der Waals surface area contributed by atoms with Crippen molar-refractivity contribution in [2.75, 3.05) is 5.06 Å². The van der Waals surface area contributed by atoms with Crippen LogP contribution in [0.4, 0.5) is 5.69 Å². The van der Waals surface area contributed by atoms with Crippen LogP contribution in [0.1, 0.15) is 29.3 Å². The van der Waals surface area contributed by atoms with E-state index in [2.05, 4.69) is 71.6 Å². The number of rotatable bonds is 4. The molecule has 0 unspecified atom stereocenters. The molecule has 1 aliphatic rings. The van der Waals surface area contributed by atoms with Gasteiger partial charge in [0.05, 0.1) is 11.7 Å². The summed E-state index contributed by atoms with van der Waals surface area (Å²) in [6.07, 6.45) is 3.76. The van der Waals surface area contributed by atoms with E-state index in [0.717, 1.165) is 24.2 Å². The quantitative estimate of drug-likeness (QED) is 0.681. The maximum Gasteiger partial charge on any atom is 0.113 e. The maximum atomic E-state index is 6.36. The van der Waals surface area contributed by atoms with Crippen LogP contribution in [-0.4, -0.2) is 11.0 Å². The fourth-order valence-electron chi connectivity index (χ4n) is 3.36. The number of aromatic nitrogens is 1. The van der Waals surface area contributed by atoms with Crippen LogP contribution in [-0.2, 0) is 11.3 Å². The van der Waals surface area contributed by atoms with Gasteiger partial charge in [0.25, 0.3) is 0 Å². The lowest BCUT2D eigenvalue weighted by Gasteiger charge is -2.24. The zero-order valence-electron chi connectivity index (χ0n) is 14.4. The van der Waals surface area contributed by atoms with Gasteiger partial charge in [0.1, 0.15) is 6.10 Å². The highest BCUT2D eigenvalue weighted by atomic mass is 16.7. The Bertz CT molecular complexity index is 802. The fraction of sp³-hybridized carbons (Fsp3) is 0.227. The Morgan fingerprint density at radius 1 is 0.960 bits per heavy atom. The summed E-state index contributed by atoms with van der Waals surface area (Å²) >= 11 is 0. The van der Waals surface area contributed by atoms with Crippen molar-refractivity contribution in [3.8, 4) is 0 Å². The lowest BCUT2D eigenvalue weighted by molar-refractivity contribution is 0.0836. The molecule has 25 heavy (non-hydrogen) atoms. The molecular formula is C22H22N2O. The number of aryl methyl sites for hydroxylation is 1. The van der Waals surface area contributed by atoms with Gasteiger partial charge in [-0.2, -0.15) is 0 Å². The van der Waals surface area contributed by atoms with Crippen molar-refractivity contribution in [2.45, 2.75) is 31.9 Å². The molecule has 3 aromatic rings. The Hall–Kier alpha value is -2.65. The third-order valence-corrected chi connectivity index (χ3v) is 4.69. The van der Waals surface area contributed by atoms with Crippen molar-refractivity contribution >= 4 is 5.69 Å². The van der Waals surface area contributed by atoms with Gasteiger partial charge in [-0.25, -0.2) is 5.06 Å². The number of anilines is 1. The van der Waals surface area contributed by atoms with Crippen molar-refractivity contribution < 1.29 is 4.84 Å². The molecule has 2 heterocycles. The summed E-state index contributed by atoms with van der Waals surface area (Å²) in [6.45, 7) is 2.11. The Morgan fingerprint density at radius 2 is 1.72 bits per heavy atom. The average molecular weight is 330 g/mol. The van der Waals surface area contributed by atoms with Gasteiger partial charge >= 0.3 is 0 Å².